The molecule has 0 saturated carbocycles. The zero-order chi connectivity index (χ0) is 17.2. The Balaban J connectivity index is 1.98. The zero-order valence-corrected chi connectivity index (χ0v) is 12.6. The van der Waals surface area contributed by atoms with Crippen LogP contribution in [0.4, 0.5) is 13.2 Å². The number of methoxy groups -OCH3 is 1. The number of rotatable bonds is 3. The third-order valence-electron chi connectivity index (χ3n) is 3.25. The maximum absolute atomic E-state index is 14.0. The Kier molecular flexibility index (Phi) is 4.23. The third kappa shape index (κ3) is 3.24. The van der Waals surface area contributed by atoms with Crippen molar-refractivity contribution in [1.29, 1.82) is 0 Å². The van der Waals surface area contributed by atoms with E-state index < -0.39 is 18.4 Å². The van der Waals surface area contributed by atoms with E-state index in [0.29, 0.717) is 11.1 Å². The molecule has 4 nitrogen and oxygen atoms in total. The summed E-state index contributed by atoms with van der Waals surface area (Å²) in [7, 11) is 1.19. The molecule has 122 valence electrons. The highest BCUT2D eigenvalue weighted by Gasteiger charge is 2.37. The lowest BCUT2D eigenvalue weighted by Gasteiger charge is -2.12. The van der Waals surface area contributed by atoms with Gasteiger partial charge in [0.1, 0.15) is 12.4 Å². The molecule has 3 aromatic rings. The molecule has 0 spiro atoms. The number of aromatic nitrogens is 3. The molecule has 2 heterocycles. The topological polar surface area (TPSA) is 39.4 Å². The van der Waals surface area contributed by atoms with E-state index in [-0.39, 0.29) is 11.5 Å². The van der Waals surface area contributed by atoms with Crippen LogP contribution in [0.15, 0.2) is 42.6 Å². The van der Waals surface area contributed by atoms with E-state index >= 15 is 0 Å². The number of alkyl halides is 2. The van der Waals surface area contributed by atoms with Crippen LogP contribution in [0, 0.1) is 17.7 Å². The fourth-order valence-electron chi connectivity index (χ4n) is 2.14. The number of ether oxygens (including phenoxy) is 1. The van der Waals surface area contributed by atoms with Gasteiger partial charge in [-0.05, 0) is 36.4 Å². The van der Waals surface area contributed by atoms with E-state index in [1.165, 1.54) is 42.0 Å². The summed E-state index contributed by atoms with van der Waals surface area (Å²) in [6, 6.07) is 8.88. The smallest absolute Gasteiger partial charge is 0.329 e. The van der Waals surface area contributed by atoms with Crippen molar-refractivity contribution in [3.8, 4) is 11.8 Å². The molecule has 24 heavy (non-hydrogen) atoms. The monoisotopic (exact) mass is 331 g/mol. The molecular weight excluding hydrogens is 319 g/mol. The molecule has 0 radical (unpaired) electrons. The van der Waals surface area contributed by atoms with Crippen LogP contribution in [0.2, 0.25) is 0 Å². The molecule has 0 aliphatic rings. The first-order chi connectivity index (χ1) is 11.5. The first kappa shape index (κ1) is 16.0. The molecule has 0 aliphatic carbocycles. The minimum Gasteiger partial charge on any atom is -0.378 e. The summed E-state index contributed by atoms with van der Waals surface area (Å²) in [6.07, 6.45) is 1.44. The molecule has 0 unspecified atom stereocenters. The van der Waals surface area contributed by atoms with Gasteiger partial charge in [-0.15, -0.1) is 10.2 Å². The highest BCUT2D eigenvalue weighted by Crippen LogP contribution is 2.27. The van der Waals surface area contributed by atoms with Crippen molar-refractivity contribution in [2.75, 3.05) is 13.7 Å². The number of hydrogen-bond donors (Lipinski definition) is 0. The molecule has 2 aromatic heterocycles. The van der Waals surface area contributed by atoms with Gasteiger partial charge in [0, 0.05) is 24.4 Å². The van der Waals surface area contributed by atoms with Crippen molar-refractivity contribution in [1.82, 2.24) is 14.6 Å². The standard InChI is InChI=1S/C17H12F3N3O/c1-24-11-17(19,20)16-22-21-15-9-6-13(10-23(15)16)3-2-12-4-7-14(18)8-5-12/h4-10H,11H2,1H3. The van der Waals surface area contributed by atoms with Gasteiger partial charge >= 0.3 is 5.92 Å². The molecule has 3 rings (SSSR count). The minimum atomic E-state index is -3.27. The first-order valence-electron chi connectivity index (χ1n) is 6.99. The van der Waals surface area contributed by atoms with Crippen LogP contribution in [0.5, 0.6) is 0 Å². The van der Waals surface area contributed by atoms with Crippen LogP contribution in [-0.4, -0.2) is 28.3 Å². The number of hydrogen-bond acceptors (Lipinski definition) is 3. The lowest BCUT2D eigenvalue weighted by molar-refractivity contribution is -0.0773. The predicted molar refractivity (Wildman–Crippen MR) is 81.1 cm³/mol. The van der Waals surface area contributed by atoms with Crippen molar-refractivity contribution in [2.45, 2.75) is 5.92 Å². The molecule has 0 saturated heterocycles. The first-order valence-corrected chi connectivity index (χ1v) is 6.99. The highest BCUT2D eigenvalue weighted by molar-refractivity contribution is 5.47. The normalized spacial score (nSPS) is 11.3. The number of pyridine rings is 1. The van der Waals surface area contributed by atoms with Crippen LogP contribution in [0.1, 0.15) is 17.0 Å². The van der Waals surface area contributed by atoms with Crippen molar-refractivity contribution in [3.05, 3.63) is 65.4 Å². The molecule has 0 fully saturated rings. The van der Waals surface area contributed by atoms with Gasteiger partial charge in [0.2, 0.25) is 5.82 Å². The fraction of sp³-hybridized carbons (Fsp3) is 0.176. The lowest BCUT2D eigenvalue weighted by Crippen LogP contribution is -2.23. The zero-order valence-electron chi connectivity index (χ0n) is 12.6. The highest BCUT2D eigenvalue weighted by atomic mass is 19.3. The summed E-state index contributed by atoms with van der Waals surface area (Å²) < 4.78 is 46.6. The second-order valence-corrected chi connectivity index (χ2v) is 5.06. The van der Waals surface area contributed by atoms with Gasteiger partial charge in [0.15, 0.2) is 5.65 Å². The summed E-state index contributed by atoms with van der Waals surface area (Å²) in [5, 5.41) is 7.27. The fourth-order valence-corrected chi connectivity index (χ4v) is 2.14. The van der Waals surface area contributed by atoms with E-state index in [1.807, 2.05) is 0 Å². The second-order valence-electron chi connectivity index (χ2n) is 5.06. The van der Waals surface area contributed by atoms with E-state index in [2.05, 4.69) is 26.8 Å². The average molecular weight is 331 g/mol. The van der Waals surface area contributed by atoms with E-state index in [0.717, 1.165) is 0 Å². The van der Waals surface area contributed by atoms with E-state index in [4.69, 9.17) is 0 Å². The number of nitrogens with zero attached hydrogens (tertiary/aromatic N) is 3. The molecule has 0 N–H and O–H groups in total. The summed E-state index contributed by atoms with van der Waals surface area (Å²) in [5.74, 6) is 1.57. The molecule has 0 aliphatic heterocycles. The van der Waals surface area contributed by atoms with Crippen LogP contribution in [0.25, 0.3) is 5.65 Å². The van der Waals surface area contributed by atoms with Gasteiger partial charge in [0.25, 0.3) is 0 Å². The van der Waals surface area contributed by atoms with Crippen LogP contribution < -0.4 is 0 Å². The molecule has 7 heteroatoms. The van der Waals surface area contributed by atoms with Crippen LogP contribution in [-0.2, 0) is 10.7 Å². The molecule has 0 bridgehead atoms. The summed E-state index contributed by atoms with van der Waals surface area (Å²) in [6.45, 7) is -0.792. The minimum absolute atomic E-state index is 0.285. The Morgan fingerprint density at radius 3 is 2.42 bits per heavy atom. The van der Waals surface area contributed by atoms with Crippen molar-refractivity contribution < 1.29 is 17.9 Å². The quantitative estimate of drug-likeness (QED) is 0.693. The Morgan fingerprint density at radius 2 is 1.71 bits per heavy atom. The maximum Gasteiger partial charge on any atom is 0.329 e. The van der Waals surface area contributed by atoms with E-state index in [1.54, 1.807) is 12.1 Å². The van der Waals surface area contributed by atoms with Crippen molar-refractivity contribution >= 4 is 5.65 Å². The number of fused-ring (bicyclic) bond motifs is 1. The Hall–Kier alpha value is -2.85. The SMILES string of the molecule is COCC(F)(F)c1nnc2ccc(C#Cc3ccc(F)cc3)cn12. The van der Waals surface area contributed by atoms with E-state index in [9.17, 15) is 13.2 Å². The van der Waals surface area contributed by atoms with Gasteiger partial charge in [-0.25, -0.2) is 4.39 Å². The molecule has 0 atom stereocenters. The predicted octanol–water partition coefficient (Wildman–Crippen LogP) is 3.01. The molecule has 0 amide bonds. The molecular formula is C17H12F3N3O. The van der Waals surface area contributed by atoms with Crippen LogP contribution >= 0.6 is 0 Å². The van der Waals surface area contributed by atoms with Gasteiger partial charge in [-0.2, -0.15) is 8.78 Å². The van der Waals surface area contributed by atoms with Gasteiger partial charge in [0.05, 0.1) is 0 Å². The number of halogens is 3. The Morgan fingerprint density at radius 1 is 1.04 bits per heavy atom. The second kappa shape index (κ2) is 6.34. The van der Waals surface area contributed by atoms with Gasteiger partial charge in [-0.1, -0.05) is 11.8 Å². The van der Waals surface area contributed by atoms with Crippen molar-refractivity contribution in [3.63, 3.8) is 0 Å². The maximum atomic E-state index is 14.0. The summed E-state index contributed by atoms with van der Waals surface area (Å²) in [5.41, 5.74) is 1.40. The average Bonchev–Trinajstić information content (AvgIpc) is 2.98. The summed E-state index contributed by atoms with van der Waals surface area (Å²) >= 11 is 0. The van der Waals surface area contributed by atoms with Gasteiger partial charge < -0.3 is 4.74 Å². The Bertz CT molecular complexity index is 924. The lowest BCUT2D eigenvalue weighted by atomic mass is 10.2. The Labute approximate surface area is 135 Å². The third-order valence-corrected chi connectivity index (χ3v) is 3.25. The van der Waals surface area contributed by atoms with Crippen molar-refractivity contribution in [2.24, 2.45) is 0 Å². The van der Waals surface area contributed by atoms with Gasteiger partial charge in [-0.3, -0.25) is 4.40 Å². The molecule has 1 aromatic carbocycles. The largest absolute Gasteiger partial charge is 0.378 e. The number of benzene rings is 1. The summed E-state index contributed by atoms with van der Waals surface area (Å²) in [4.78, 5) is 0. The van der Waals surface area contributed by atoms with Crippen LogP contribution in [0.3, 0.4) is 0 Å².